The third kappa shape index (κ3) is 3.91. The summed E-state index contributed by atoms with van der Waals surface area (Å²) in [5.41, 5.74) is 2.17. The zero-order chi connectivity index (χ0) is 18.6. The Balaban J connectivity index is 1.61. The predicted molar refractivity (Wildman–Crippen MR) is 102 cm³/mol. The number of hydrogen-bond acceptors (Lipinski definition) is 6. The molecule has 1 atom stereocenters. The fourth-order valence-corrected chi connectivity index (χ4v) is 3.74. The molecule has 2 aliphatic rings. The van der Waals surface area contributed by atoms with Crippen LogP contribution in [-0.2, 0) is 16.0 Å². The minimum atomic E-state index is -0.126. The molecule has 27 heavy (non-hydrogen) atoms. The van der Waals surface area contributed by atoms with E-state index in [1.807, 2.05) is 11.6 Å². The van der Waals surface area contributed by atoms with Crippen LogP contribution in [0, 0.1) is 0 Å². The molecule has 0 aliphatic carbocycles. The highest BCUT2D eigenvalue weighted by atomic mass is 16.5. The maximum absolute atomic E-state index is 12.9. The maximum atomic E-state index is 12.9. The predicted octanol–water partition coefficient (Wildman–Crippen LogP) is 1.95. The number of nitrogens with one attached hydrogen (secondary N) is 2. The minimum Gasteiger partial charge on any atom is -0.381 e. The Labute approximate surface area is 158 Å². The van der Waals surface area contributed by atoms with Crippen LogP contribution in [0.25, 0.3) is 11.0 Å². The lowest BCUT2D eigenvalue weighted by molar-refractivity contribution is 0.0857. The van der Waals surface area contributed by atoms with Gasteiger partial charge in [0.2, 0.25) is 0 Å². The van der Waals surface area contributed by atoms with Crippen molar-refractivity contribution in [2.45, 2.75) is 51.3 Å². The fourth-order valence-electron chi connectivity index (χ4n) is 3.74. The second-order valence-electron chi connectivity index (χ2n) is 7.12. The Morgan fingerprint density at radius 3 is 2.85 bits per heavy atom. The molecule has 0 spiro atoms. The molecular formula is C19H27N5O3. The topological polar surface area (TPSA) is 90.3 Å². The van der Waals surface area contributed by atoms with E-state index in [0.29, 0.717) is 12.1 Å². The van der Waals surface area contributed by atoms with E-state index in [1.165, 1.54) is 0 Å². The van der Waals surface area contributed by atoms with Crippen molar-refractivity contribution in [2.24, 2.45) is 0 Å². The van der Waals surface area contributed by atoms with E-state index in [9.17, 15) is 4.79 Å². The van der Waals surface area contributed by atoms with Gasteiger partial charge in [-0.3, -0.25) is 4.79 Å². The molecule has 2 saturated heterocycles. The van der Waals surface area contributed by atoms with Crippen molar-refractivity contribution < 1.29 is 14.3 Å². The summed E-state index contributed by atoms with van der Waals surface area (Å²) in [6, 6.07) is 0.277. The molecule has 2 aliphatic heterocycles. The maximum Gasteiger partial charge on any atom is 0.255 e. The second-order valence-corrected chi connectivity index (χ2v) is 7.12. The van der Waals surface area contributed by atoms with Gasteiger partial charge < -0.3 is 20.1 Å². The summed E-state index contributed by atoms with van der Waals surface area (Å²) in [5.74, 6) is -0.126. The van der Waals surface area contributed by atoms with Crippen LogP contribution in [0.4, 0.5) is 5.69 Å². The van der Waals surface area contributed by atoms with Gasteiger partial charge in [0, 0.05) is 45.1 Å². The zero-order valence-corrected chi connectivity index (χ0v) is 15.7. The molecule has 8 nitrogen and oxygen atoms in total. The quantitative estimate of drug-likeness (QED) is 0.804. The first-order chi connectivity index (χ1) is 13.3. The molecule has 2 aromatic heterocycles. The molecular weight excluding hydrogens is 346 g/mol. The number of anilines is 1. The van der Waals surface area contributed by atoms with Gasteiger partial charge >= 0.3 is 0 Å². The molecule has 0 saturated carbocycles. The number of aryl methyl sites for hydroxylation is 1. The third-order valence-electron chi connectivity index (χ3n) is 5.29. The monoisotopic (exact) mass is 373 g/mol. The largest absolute Gasteiger partial charge is 0.381 e. The van der Waals surface area contributed by atoms with Crippen molar-refractivity contribution in [3.05, 3.63) is 18.0 Å². The van der Waals surface area contributed by atoms with E-state index >= 15 is 0 Å². The Bertz CT molecular complexity index is 794. The number of carbonyl (C=O) groups is 1. The van der Waals surface area contributed by atoms with Gasteiger partial charge in [0.25, 0.3) is 5.91 Å². The van der Waals surface area contributed by atoms with Crippen LogP contribution >= 0.6 is 0 Å². The molecule has 1 amide bonds. The van der Waals surface area contributed by atoms with Crippen molar-refractivity contribution in [3.63, 3.8) is 0 Å². The van der Waals surface area contributed by atoms with Gasteiger partial charge in [0.05, 0.1) is 28.9 Å². The highest BCUT2D eigenvalue weighted by molar-refractivity contribution is 6.06. The lowest BCUT2D eigenvalue weighted by Gasteiger charge is -2.25. The molecule has 2 N–H and O–H groups in total. The molecule has 2 fully saturated rings. The Morgan fingerprint density at radius 2 is 2.11 bits per heavy atom. The molecule has 0 aromatic carbocycles. The molecule has 146 valence electrons. The van der Waals surface area contributed by atoms with E-state index in [2.05, 4.69) is 20.7 Å². The van der Waals surface area contributed by atoms with Crippen LogP contribution in [0.15, 0.2) is 12.4 Å². The number of nitrogens with zero attached hydrogens (tertiary/aromatic N) is 3. The zero-order valence-electron chi connectivity index (χ0n) is 15.7. The van der Waals surface area contributed by atoms with Crippen LogP contribution in [0.5, 0.6) is 0 Å². The Morgan fingerprint density at radius 1 is 1.26 bits per heavy atom. The first kappa shape index (κ1) is 18.2. The minimum absolute atomic E-state index is 0.111. The number of rotatable bonds is 6. The molecule has 4 rings (SSSR count). The summed E-state index contributed by atoms with van der Waals surface area (Å²) in [6.45, 7) is 5.55. The molecule has 4 heterocycles. The van der Waals surface area contributed by atoms with Crippen LogP contribution in [0.2, 0.25) is 0 Å². The number of fused-ring (bicyclic) bond motifs is 1. The molecule has 0 bridgehead atoms. The van der Waals surface area contributed by atoms with Crippen LogP contribution in [0.3, 0.4) is 0 Å². The lowest BCUT2D eigenvalue weighted by Crippen LogP contribution is -2.33. The van der Waals surface area contributed by atoms with E-state index in [0.717, 1.165) is 68.8 Å². The fraction of sp³-hybridized carbons (Fsp3) is 0.632. The molecule has 1 unspecified atom stereocenters. The normalized spacial score (nSPS) is 20.9. The van der Waals surface area contributed by atoms with Gasteiger partial charge in [-0.25, -0.2) is 9.67 Å². The first-order valence-corrected chi connectivity index (χ1v) is 9.85. The van der Waals surface area contributed by atoms with Crippen molar-refractivity contribution in [2.75, 3.05) is 31.7 Å². The van der Waals surface area contributed by atoms with Gasteiger partial charge in [-0.05, 0) is 32.6 Å². The summed E-state index contributed by atoms with van der Waals surface area (Å²) in [7, 11) is 0. The van der Waals surface area contributed by atoms with Gasteiger partial charge in [-0.1, -0.05) is 0 Å². The number of amides is 1. The molecule has 0 radical (unpaired) electrons. The Kier molecular flexibility index (Phi) is 5.54. The third-order valence-corrected chi connectivity index (χ3v) is 5.29. The van der Waals surface area contributed by atoms with E-state index < -0.39 is 0 Å². The van der Waals surface area contributed by atoms with Gasteiger partial charge in [0.1, 0.15) is 0 Å². The highest BCUT2D eigenvalue weighted by Crippen LogP contribution is 2.28. The van der Waals surface area contributed by atoms with Crippen LogP contribution in [-0.4, -0.2) is 59.2 Å². The number of carbonyl (C=O) groups excluding carboxylic acids is 1. The van der Waals surface area contributed by atoms with Crippen molar-refractivity contribution in [1.29, 1.82) is 0 Å². The smallest absolute Gasteiger partial charge is 0.255 e. The van der Waals surface area contributed by atoms with E-state index in [4.69, 9.17) is 9.47 Å². The number of ether oxygens (including phenoxy) is 2. The Hall–Kier alpha value is -2.19. The standard InChI is InChI=1S/C19H27N5O3/c1-2-24-18-15(12-22-24)17(23-13-5-8-26-9-6-13)16(11-20-18)19(25)21-10-14-4-3-7-27-14/h11-14H,2-10H2,1H3,(H,20,23)(H,21,25). The summed E-state index contributed by atoms with van der Waals surface area (Å²) >= 11 is 0. The average molecular weight is 373 g/mol. The summed E-state index contributed by atoms with van der Waals surface area (Å²) in [6.07, 6.45) is 7.45. The SMILES string of the molecule is CCn1ncc2c(NC3CCOCC3)c(C(=O)NCC3CCCO3)cnc21. The van der Waals surface area contributed by atoms with Gasteiger partial charge in [-0.15, -0.1) is 0 Å². The lowest BCUT2D eigenvalue weighted by atomic mass is 10.1. The van der Waals surface area contributed by atoms with Gasteiger partial charge in [-0.2, -0.15) is 5.10 Å². The van der Waals surface area contributed by atoms with Crippen molar-refractivity contribution in [3.8, 4) is 0 Å². The van der Waals surface area contributed by atoms with Crippen molar-refractivity contribution >= 4 is 22.6 Å². The van der Waals surface area contributed by atoms with Crippen LogP contribution < -0.4 is 10.6 Å². The average Bonchev–Trinajstić information content (AvgIpc) is 3.37. The second kappa shape index (κ2) is 8.22. The summed E-state index contributed by atoms with van der Waals surface area (Å²) in [4.78, 5) is 17.4. The number of aromatic nitrogens is 3. The molecule has 8 heteroatoms. The molecule has 2 aromatic rings. The van der Waals surface area contributed by atoms with Crippen LogP contribution in [0.1, 0.15) is 43.0 Å². The van der Waals surface area contributed by atoms with Gasteiger partial charge in [0.15, 0.2) is 5.65 Å². The number of pyridine rings is 1. The first-order valence-electron chi connectivity index (χ1n) is 9.85. The number of hydrogen-bond donors (Lipinski definition) is 2. The van der Waals surface area contributed by atoms with E-state index in [1.54, 1.807) is 12.4 Å². The summed E-state index contributed by atoms with van der Waals surface area (Å²) < 4.78 is 12.9. The van der Waals surface area contributed by atoms with E-state index in [-0.39, 0.29) is 18.1 Å². The highest BCUT2D eigenvalue weighted by Gasteiger charge is 2.23. The van der Waals surface area contributed by atoms with Crippen molar-refractivity contribution in [1.82, 2.24) is 20.1 Å². The summed E-state index contributed by atoms with van der Waals surface area (Å²) in [5, 5.41) is 11.9.